The molecule has 164 valence electrons. The minimum Gasteiger partial charge on any atom is -0.393 e. The SMILES string of the molecule is C=CC(C)(CO)OC.C=CC(C)(COC(C)(C=C)CO)OC.C=CC1(C)CO1. The first-order valence-electron chi connectivity index (χ1n) is 9.04. The third-order valence-corrected chi connectivity index (χ3v) is 4.58. The second-order valence-electron chi connectivity index (χ2n) is 7.37. The van der Waals surface area contributed by atoms with Crippen LogP contribution in [0.4, 0.5) is 0 Å². The van der Waals surface area contributed by atoms with Crippen molar-refractivity contribution in [3.05, 3.63) is 50.6 Å². The molecular formula is C22H40O6. The highest BCUT2D eigenvalue weighted by molar-refractivity contribution is 5.02. The molecule has 1 rings (SSSR count). The van der Waals surface area contributed by atoms with E-state index in [1.54, 1.807) is 39.2 Å². The van der Waals surface area contributed by atoms with Crippen LogP contribution < -0.4 is 0 Å². The zero-order valence-corrected chi connectivity index (χ0v) is 18.5. The van der Waals surface area contributed by atoms with Gasteiger partial charge >= 0.3 is 0 Å². The van der Waals surface area contributed by atoms with Crippen LogP contribution in [0.15, 0.2) is 50.6 Å². The summed E-state index contributed by atoms with van der Waals surface area (Å²) in [7, 11) is 3.13. The molecule has 0 amide bonds. The van der Waals surface area contributed by atoms with Gasteiger partial charge in [0.15, 0.2) is 0 Å². The van der Waals surface area contributed by atoms with Crippen molar-refractivity contribution < 1.29 is 29.2 Å². The maximum atomic E-state index is 9.06. The number of epoxide rings is 1. The monoisotopic (exact) mass is 400 g/mol. The van der Waals surface area contributed by atoms with Crippen LogP contribution in [0, 0.1) is 0 Å². The molecule has 28 heavy (non-hydrogen) atoms. The quantitative estimate of drug-likeness (QED) is 0.410. The van der Waals surface area contributed by atoms with Gasteiger partial charge in [-0.15, -0.1) is 26.3 Å². The lowest BCUT2D eigenvalue weighted by molar-refractivity contribution is -0.0971. The van der Waals surface area contributed by atoms with Crippen LogP contribution in [0.3, 0.4) is 0 Å². The Morgan fingerprint density at radius 1 is 0.893 bits per heavy atom. The highest BCUT2D eigenvalue weighted by Crippen LogP contribution is 2.25. The number of aliphatic hydroxyl groups excluding tert-OH is 2. The van der Waals surface area contributed by atoms with Crippen molar-refractivity contribution in [2.75, 3.05) is 40.6 Å². The summed E-state index contributed by atoms with van der Waals surface area (Å²) in [5, 5.41) is 17.7. The van der Waals surface area contributed by atoms with Crippen molar-refractivity contribution in [1.82, 2.24) is 0 Å². The number of hydrogen-bond donors (Lipinski definition) is 2. The Hall–Kier alpha value is -1.28. The molecule has 0 bridgehead atoms. The van der Waals surface area contributed by atoms with Gasteiger partial charge in [0, 0.05) is 14.2 Å². The lowest BCUT2D eigenvalue weighted by atomic mass is 10.1. The summed E-state index contributed by atoms with van der Waals surface area (Å²) in [4.78, 5) is 0. The Morgan fingerprint density at radius 2 is 1.29 bits per heavy atom. The van der Waals surface area contributed by atoms with E-state index in [0.29, 0.717) is 6.61 Å². The first kappa shape index (κ1) is 28.9. The summed E-state index contributed by atoms with van der Waals surface area (Å²) < 4.78 is 20.5. The molecule has 0 spiro atoms. The molecule has 6 nitrogen and oxygen atoms in total. The normalized spacial score (nSPS) is 23.7. The molecule has 1 aliphatic heterocycles. The van der Waals surface area contributed by atoms with Gasteiger partial charge in [-0.05, 0) is 27.7 Å². The van der Waals surface area contributed by atoms with E-state index in [9.17, 15) is 0 Å². The van der Waals surface area contributed by atoms with E-state index in [-0.39, 0.29) is 18.8 Å². The number of hydrogen-bond acceptors (Lipinski definition) is 6. The maximum absolute atomic E-state index is 9.06. The molecule has 0 saturated carbocycles. The highest BCUT2D eigenvalue weighted by atomic mass is 16.6. The van der Waals surface area contributed by atoms with Crippen LogP contribution in [0.2, 0.25) is 0 Å². The molecule has 2 N–H and O–H groups in total. The number of ether oxygens (including phenoxy) is 4. The average molecular weight is 401 g/mol. The molecule has 1 saturated heterocycles. The minimum absolute atomic E-state index is 0.0208. The topological polar surface area (TPSA) is 80.7 Å². The van der Waals surface area contributed by atoms with Gasteiger partial charge in [0.05, 0.1) is 26.4 Å². The van der Waals surface area contributed by atoms with Gasteiger partial charge in [-0.1, -0.05) is 24.3 Å². The standard InChI is InChI=1S/C11H20O3.C6H12O2.C5H8O/c1-6-10(3,8-12)14-9-11(4,7-2)13-5;1-4-6(2,5-7)8-3;1-3-5(2)4-6-5/h6-7,12H,1-2,8-9H2,3-5H3;4,7H,1,5H2,2-3H3;3H,1,4H2,2H3. The van der Waals surface area contributed by atoms with Crippen molar-refractivity contribution in [2.45, 2.75) is 50.1 Å². The molecule has 6 heteroatoms. The average Bonchev–Trinajstić information content (AvgIpc) is 3.50. The lowest BCUT2D eigenvalue weighted by Gasteiger charge is -2.30. The predicted molar refractivity (Wildman–Crippen MR) is 115 cm³/mol. The van der Waals surface area contributed by atoms with E-state index >= 15 is 0 Å². The molecule has 0 radical (unpaired) electrons. The van der Waals surface area contributed by atoms with E-state index in [2.05, 4.69) is 26.3 Å². The Bertz CT molecular complexity index is 459. The van der Waals surface area contributed by atoms with E-state index in [1.165, 1.54) is 7.11 Å². The summed E-state index contributed by atoms with van der Waals surface area (Å²) in [6.07, 6.45) is 6.65. The zero-order valence-electron chi connectivity index (χ0n) is 18.5. The van der Waals surface area contributed by atoms with Crippen molar-refractivity contribution in [3.63, 3.8) is 0 Å². The molecule has 0 aromatic heterocycles. The van der Waals surface area contributed by atoms with Gasteiger partial charge in [-0.25, -0.2) is 0 Å². The molecule has 1 aliphatic rings. The number of rotatable bonds is 11. The van der Waals surface area contributed by atoms with Crippen LogP contribution >= 0.6 is 0 Å². The van der Waals surface area contributed by atoms with Crippen LogP contribution in [0.5, 0.6) is 0 Å². The van der Waals surface area contributed by atoms with Crippen LogP contribution in [0.25, 0.3) is 0 Å². The van der Waals surface area contributed by atoms with Crippen LogP contribution in [-0.2, 0) is 18.9 Å². The summed E-state index contributed by atoms with van der Waals surface area (Å²) in [6.45, 7) is 22.8. The molecular weight excluding hydrogens is 360 g/mol. The first-order valence-corrected chi connectivity index (χ1v) is 9.04. The summed E-state index contributed by atoms with van der Waals surface area (Å²) in [5.41, 5.74) is -1.75. The molecule has 1 heterocycles. The Kier molecular flexibility index (Phi) is 13.5. The molecule has 4 unspecified atom stereocenters. The third kappa shape index (κ3) is 11.5. The van der Waals surface area contributed by atoms with Gasteiger partial charge in [0.25, 0.3) is 0 Å². The highest BCUT2D eigenvalue weighted by Gasteiger charge is 2.35. The minimum atomic E-state index is -0.719. The van der Waals surface area contributed by atoms with Gasteiger partial charge < -0.3 is 29.2 Å². The second-order valence-corrected chi connectivity index (χ2v) is 7.37. The number of methoxy groups -OCH3 is 2. The molecule has 1 fully saturated rings. The maximum Gasteiger partial charge on any atom is 0.107 e. The van der Waals surface area contributed by atoms with Crippen molar-refractivity contribution in [3.8, 4) is 0 Å². The second kappa shape index (κ2) is 13.0. The largest absolute Gasteiger partial charge is 0.393 e. The molecule has 0 aromatic carbocycles. The van der Waals surface area contributed by atoms with Gasteiger partial charge in [0.2, 0.25) is 0 Å². The summed E-state index contributed by atoms with van der Waals surface area (Å²) >= 11 is 0. The van der Waals surface area contributed by atoms with Crippen molar-refractivity contribution >= 4 is 0 Å². The Balaban J connectivity index is 0. The van der Waals surface area contributed by atoms with E-state index in [1.807, 2.05) is 19.9 Å². The van der Waals surface area contributed by atoms with E-state index in [4.69, 9.17) is 29.2 Å². The fourth-order valence-corrected chi connectivity index (χ4v) is 1.12. The lowest BCUT2D eigenvalue weighted by Crippen LogP contribution is -2.39. The summed E-state index contributed by atoms with van der Waals surface area (Å²) in [6, 6.07) is 0. The van der Waals surface area contributed by atoms with Crippen LogP contribution in [-0.4, -0.2) is 73.3 Å². The van der Waals surface area contributed by atoms with Crippen molar-refractivity contribution in [2.24, 2.45) is 0 Å². The summed E-state index contributed by atoms with van der Waals surface area (Å²) in [5.74, 6) is 0. The zero-order chi connectivity index (χ0) is 22.5. The molecule has 4 atom stereocenters. The predicted octanol–water partition coefficient (Wildman–Crippen LogP) is 3.06. The van der Waals surface area contributed by atoms with Gasteiger partial charge in [-0.2, -0.15) is 0 Å². The smallest absolute Gasteiger partial charge is 0.107 e. The van der Waals surface area contributed by atoms with E-state index < -0.39 is 16.8 Å². The fourth-order valence-electron chi connectivity index (χ4n) is 1.12. The molecule has 0 aromatic rings. The van der Waals surface area contributed by atoms with Gasteiger partial charge in [0.1, 0.15) is 22.4 Å². The molecule has 0 aliphatic carbocycles. The fraction of sp³-hybridized carbons (Fsp3) is 0.636. The van der Waals surface area contributed by atoms with Crippen LogP contribution in [0.1, 0.15) is 27.7 Å². The third-order valence-electron chi connectivity index (χ3n) is 4.58. The van der Waals surface area contributed by atoms with Crippen molar-refractivity contribution in [1.29, 1.82) is 0 Å². The van der Waals surface area contributed by atoms with E-state index in [0.717, 1.165) is 6.61 Å². The first-order chi connectivity index (χ1) is 12.9. The number of aliphatic hydroxyl groups is 2. The Labute approximate surface area is 171 Å². The Morgan fingerprint density at radius 3 is 1.43 bits per heavy atom. The van der Waals surface area contributed by atoms with Gasteiger partial charge in [-0.3, -0.25) is 0 Å².